The lowest BCUT2D eigenvalue weighted by Crippen LogP contribution is -2.42. The quantitative estimate of drug-likeness (QED) is 0.650. The largest absolute Gasteiger partial charge is 0.466 e. The molecule has 26 heavy (non-hydrogen) atoms. The molecule has 0 radical (unpaired) electrons. The molecule has 0 unspecified atom stereocenters. The molecule has 1 amide bonds. The van der Waals surface area contributed by atoms with Crippen molar-refractivity contribution in [2.45, 2.75) is 64.3 Å². The number of amides is 1. The van der Waals surface area contributed by atoms with Crippen LogP contribution in [0.25, 0.3) is 0 Å². The second-order valence-corrected chi connectivity index (χ2v) is 7.06. The van der Waals surface area contributed by atoms with E-state index < -0.39 is 11.7 Å². The third-order valence-corrected chi connectivity index (χ3v) is 5.13. The van der Waals surface area contributed by atoms with Crippen LogP contribution in [0.4, 0.5) is 4.39 Å². The summed E-state index contributed by atoms with van der Waals surface area (Å²) in [7, 11) is 0. The average molecular weight is 384 g/mol. The van der Waals surface area contributed by atoms with E-state index in [1.54, 1.807) is 11.8 Å². The van der Waals surface area contributed by atoms with Crippen molar-refractivity contribution in [3.63, 3.8) is 0 Å². The highest BCUT2D eigenvalue weighted by Crippen LogP contribution is 2.26. The summed E-state index contributed by atoms with van der Waals surface area (Å²) in [6.07, 6.45) is 7.36. The Kier molecular flexibility index (Phi) is 8.36. The van der Waals surface area contributed by atoms with Crippen molar-refractivity contribution in [1.82, 2.24) is 4.90 Å². The minimum Gasteiger partial charge on any atom is -0.466 e. The van der Waals surface area contributed by atoms with Crippen LogP contribution < -0.4 is 0 Å². The Hall–Kier alpha value is -1.62. The number of benzene rings is 1. The lowest BCUT2D eigenvalue weighted by atomic mass is 9.95. The van der Waals surface area contributed by atoms with Gasteiger partial charge in [0.2, 0.25) is 0 Å². The summed E-state index contributed by atoms with van der Waals surface area (Å²) in [5, 5.41) is 0.0991. The molecule has 1 aromatic rings. The SMILES string of the molecule is CCOC(=O)CCN(C(=O)c1c(F)cccc1Cl)C1CCCCCCC1. The molecule has 144 valence electrons. The summed E-state index contributed by atoms with van der Waals surface area (Å²) in [5.41, 5.74) is -0.111. The highest BCUT2D eigenvalue weighted by molar-refractivity contribution is 6.33. The van der Waals surface area contributed by atoms with E-state index in [-0.39, 0.29) is 35.6 Å². The normalized spacial score (nSPS) is 15.8. The summed E-state index contributed by atoms with van der Waals surface area (Å²) in [4.78, 5) is 26.5. The predicted octanol–water partition coefficient (Wildman–Crippen LogP) is 4.99. The zero-order chi connectivity index (χ0) is 18.9. The first kappa shape index (κ1) is 20.7. The molecule has 1 aromatic carbocycles. The van der Waals surface area contributed by atoms with Crippen LogP contribution in [0.3, 0.4) is 0 Å². The fraction of sp³-hybridized carbons (Fsp3) is 0.600. The van der Waals surface area contributed by atoms with E-state index in [1.165, 1.54) is 24.6 Å². The van der Waals surface area contributed by atoms with Crippen LogP contribution in [0.5, 0.6) is 0 Å². The standard InChI is InChI=1S/C20H27ClFNO3/c1-2-26-18(24)13-14-23(15-9-6-4-3-5-7-10-15)20(25)19-16(21)11-8-12-17(19)22/h8,11-12,15H,2-7,9-10,13-14H2,1H3. The Labute approximate surface area is 159 Å². The number of nitrogens with zero attached hydrogens (tertiary/aromatic N) is 1. The van der Waals surface area contributed by atoms with Gasteiger partial charge < -0.3 is 9.64 Å². The van der Waals surface area contributed by atoms with Crippen LogP contribution in [0.15, 0.2) is 18.2 Å². The van der Waals surface area contributed by atoms with Crippen molar-refractivity contribution >= 4 is 23.5 Å². The number of carbonyl (C=O) groups excluding carboxylic acids is 2. The van der Waals surface area contributed by atoms with E-state index in [0.29, 0.717) is 6.61 Å². The number of hydrogen-bond acceptors (Lipinski definition) is 3. The van der Waals surface area contributed by atoms with Crippen molar-refractivity contribution in [1.29, 1.82) is 0 Å². The second kappa shape index (κ2) is 10.5. The summed E-state index contributed by atoms with van der Waals surface area (Å²) in [6, 6.07) is 4.22. The molecule has 0 N–H and O–H groups in total. The van der Waals surface area contributed by atoms with Crippen LogP contribution in [0.1, 0.15) is 68.6 Å². The van der Waals surface area contributed by atoms with E-state index in [2.05, 4.69) is 0 Å². The van der Waals surface area contributed by atoms with Crippen molar-refractivity contribution in [2.75, 3.05) is 13.2 Å². The maximum Gasteiger partial charge on any atom is 0.307 e. The van der Waals surface area contributed by atoms with E-state index in [9.17, 15) is 14.0 Å². The number of carbonyl (C=O) groups is 2. The van der Waals surface area contributed by atoms with Crippen LogP contribution in [-0.2, 0) is 9.53 Å². The molecule has 4 nitrogen and oxygen atoms in total. The molecule has 1 fully saturated rings. The number of rotatable bonds is 6. The van der Waals surface area contributed by atoms with Gasteiger partial charge in [0.05, 0.1) is 23.6 Å². The smallest absolute Gasteiger partial charge is 0.307 e. The highest BCUT2D eigenvalue weighted by atomic mass is 35.5. The fourth-order valence-electron chi connectivity index (χ4n) is 3.49. The predicted molar refractivity (Wildman–Crippen MR) is 99.8 cm³/mol. The molecule has 0 aliphatic heterocycles. The van der Waals surface area contributed by atoms with Crippen LogP contribution in [0, 0.1) is 5.82 Å². The fourth-order valence-corrected chi connectivity index (χ4v) is 3.73. The van der Waals surface area contributed by atoms with Gasteiger partial charge in [-0.1, -0.05) is 49.8 Å². The van der Waals surface area contributed by atoms with Gasteiger partial charge in [0.25, 0.3) is 5.91 Å². The van der Waals surface area contributed by atoms with Crippen molar-refractivity contribution in [2.24, 2.45) is 0 Å². The molecule has 0 atom stereocenters. The molecule has 0 heterocycles. The zero-order valence-electron chi connectivity index (χ0n) is 15.3. The van der Waals surface area contributed by atoms with Crippen LogP contribution in [0.2, 0.25) is 5.02 Å². The molecular formula is C20H27ClFNO3. The van der Waals surface area contributed by atoms with Gasteiger partial charge in [-0.2, -0.15) is 0 Å². The third kappa shape index (κ3) is 5.70. The molecule has 1 aliphatic carbocycles. The molecular weight excluding hydrogens is 357 g/mol. The first-order valence-electron chi connectivity index (χ1n) is 9.45. The maximum absolute atomic E-state index is 14.3. The Morgan fingerprint density at radius 2 is 1.85 bits per heavy atom. The van der Waals surface area contributed by atoms with Gasteiger partial charge in [-0.3, -0.25) is 9.59 Å². The summed E-state index contributed by atoms with van der Waals surface area (Å²) in [5.74, 6) is -1.42. The van der Waals surface area contributed by atoms with E-state index in [1.807, 2.05) is 0 Å². The Balaban J connectivity index is 2.23. The molecule has 0 spiro atoms. The number of esters is 1. The molecule has 6 heteroatoms. The van der Waals surface area contributed by atoms with E-state index in [4.69, 9.17) is 16.3 Å². The third-order valence-electron chi connectivity index (χ3n) is 4.82. The van der Waals surface area contributed by atoms with Crippen molar-refractivity contribution in [3.05, 3.63) is 34.6 Å². The lowest BCUT2D eigenvalue weighted by molar-refractivity contribution is -0.143. The maximum atomic E-state index is 14.3. The van der Waals surface area contributed by atoms with Gasteiger partial charge in [-0.05, 0) is 31.9 Å². The second-order valence-electron chi connectivity index (χ2n) is 6.65. The van der Waals surface area contributed by atoms with Gasteiger partial charge in [-0.25, -0.2) is 4.39 Å². The van der Waals surface area contributed by atoms with Crippen LogP contribution in [-0.4, -0.2) is 36.0 Å². The monoisotopic (exact) mass is 383 g/mol. The van der Waals surface area contributed by atoms with Gasteiger partial charge >= 0.3 is 5.97 Å². The van der Waals surface area contributed by atoms with Gasteiger partial charge in [0.1, 0.15) is 5.82 Å². The van der Waals surface area contributed by atoms with Gasteiger partial charge in [0.15, 0.2) is 0 Å². The van der Waals surface area contributed by atoms with Gasteiger partial charge in [-0.15, -0.1) is 0 Å². The van der Waals surface area contributed by atoms with E-state index >= 15 is 0 Å². The molecule has 2 rings (SSSR count). The lowest BCUT2D eigenvalue weighted by Gasteiger charge is -2.33. The molecule has 1 saturated carbocycles. The van der Waals surface area contributed by atoms with E-state index in [0.717, 1.165) is 38.5 Å². The zero-order valence-corrected chi connectivity index (χ0v) is 16.1. The van der Waals surface area contributed by atoms with Crippen molar-refractivity contribution < 1.29 is 18.7 Å². The minimum atomic E-state index is -0.630. The number of halogens is 2. The first-order valence-corrected chi connectivity index (χ1v) is 9.83. The average Bonchev–Trinajstić information content (AvgIpc) is 2.56. The van der Waals surface area contributed by atoms with Crippen LogP contribution >= 0.6 is 11.6 Å². The molecule has 0 bridgehead atoms. The Morgan fingerprint density at radius 3 is 2.46 bits per heavy atom. The number of hydrogen-bond donors (Lipinski definition) is 0. The van der Waals surface area contributed by atoms with Crippen molar-refractivity contribution in [3.8, 4) is 0 Å². The molecule has 0 saturated heterocycles. The molecule has 0 aromatic heterocycles. The summed E-state index contributed by atoms with van der Waals surface area (Å²) < 4.78 is 19.2. The Bertz CT molecular complexity index is 595. The first-order chi connectivity index (χ1) is 12.5. The summed E-state index contributed by atoms with van der Waals surface area (Å²) >= 11 is 6.10. The Morgan fingerprint density at radius 1 is 1.19 bits per heavy atom. The molecule has 1 aliphatic rings. The summed E-state index contributed by atoms with van der Waals surface area (Å²) in [6.45, 7) is 2.26. The number of ether oxygens (including phenoxy) is 1. The minimum absolute atomic E-state index is 0.00657. The van der Waals surface area contributed by atoms with Gasteiger partial charge in [0, 0.05) is 12.6 Å². The topological polar surface area (TPSA) is 46.6 Å². The highest BCUT2D eigenvalue weighted by Gasteiger charge is 2.29.